The Balaban J connectivity index is 1.20. The molecule has 0 atom stereocenters. The Morgan fingerprint density at radius 2 is 1.60 bits per heavy atom. The number of pyridine rings is 1. The number of alkyl halides is 3. The van der Waals surface area contributed by atoms with Gasteiger partial charge < -0.3 is 20.2 Å². The van der Waals surface area contributed by atoms with Crippen molar-refractivity contribution in [1.82, 2.24) is 19.7 Å². The van der Waals surface area contributed by atoms with E-state index < -0.39 is 17.8 Å². The monoisotopic (exact) mass is 584 g/mol. The fourth-order valence-corrected chi connectivity index (χ4v) is 5.04. The molecule has 0 aliphatic carbocycles. The van der Waals surface area contributed by atoms with E-state index in [9.17, 15) is 23.1 Å². The average molecular weight is 585 g/mol. The van der Waals surface area contributed by atoms with Crippen LogP contribution in [0, 0.1) is 0 Å². The SMILES string of the molecule is O=C(Nc1cccc(C(F)(F)F)c1)N1CCN(c2cc(-c3cn(-c4ccccc4)nc3-c3cccc(O)c3)ccn2)CC1. The second kappa shape index (κ2) is 11.5. The number of carbonyl (C=O) groups is 1. The molecular formula is C32H27F3N6O2. The molecular weight excluding hydrogens is 557 g/mol. The topological polar surface area (TPSA) is 86.5 Å². The van der Waals surface area contributed by atoms with Crippen LogP contribution in [0.4, 0.5) is 29.5 Å². The number of anilines is 2. The van der Waals surface area contributed by atoms with Gasteiger partial charge in [0.2, 0.25) is 0 Å². The molecule has 5 aromatic rings. The molecule has 1 fully saturated rings. The number of nitrogens with one attached hydrogen (secondary N) is 1. The summed E-state index contributed by atoms with van der Waals surface area (Å²) in [5.74, 6) is 0.868. The maximum Gasteiger partial charge on any atom is 0.416 e. The van der Waals surface area contributed by atoms with E-state index in [1.165, 1.54) is 12.1 Å². The maximum absolute atomic E-state index is 13.1. The fourth-order valence-electron chi connectivity index (χ4n) is 5.04. The molecule has 0 bridgehead atoms. The number of hydrogen-bond acceptors (Lipinski definition) is 5. The minimum absolute atomic E-state index is 0.0928. The van der Waals surface area contributed by atoms with Crippen molar-refractivity contribution < 1.29 is 23.1 Å². The number of urea groups is 1. The number of phenolic OH excluding ortho intramolecular Hbond substituents is 1. The largest absolute Gasteiger partial charge is 0.508 e. The quantitative estimate of drug-likeness (QED) is 0.241. The van der Waals surface area contributed by atoms with Crippen LogP contribution in [0.5, 0.6) is 5.75 Å². The summed E-state index contributed by atoms with van der Waals surface area (Å²) in [6, 6.07) is 24.7. The molecule has 3 aromatic carbocycles. The van der Waals surface area contributed by atoms with Gasteiger partial charge in [0.05, 0.1) is 11.3 Å². The number of benzene rings is 3. The Morgan fingerprint density at radius 1 is 0.837 bits per heavy atom. The average Bonchev–Trinajstić information content (AvgIpc) is 3.47. The summed E-state index contributed by atoms with van der Waals surface area (Å²) in [5, 5.41) is 17.6. The Kier molecular flexibility index (Phi) is 7.45. The Hall–Kier alpha value is -5.32. The van der Waals surface area contributed by atoms with Gasteiger partial charge in [-0.25, -0.2) is 14.5 Å². The van der Waals surface area contributed by atoms with E-state index in [1.807, 2.05) is 54.7 Å². The number of phenols is 1. The summed E-state index contributed by atoms with van der Waals surface area (Å²) in [5.41, 5.74) is 3.38. The van der Waals surface area contributed by atoms with Crippen LogP contribution >= 0.6 is 0 Å². The zero-order chi connectivity index (χ0) is 30.0. The third-order valence-corrected chi connectivity index (χ3v) is 7.24. The Morgan fingerprint density at radius 3 is 2.35 bits per heavy atom. The van der Waals surface area contributed by atoms with Gasteiger partial charge in [-0.15, -0.1) is 0 Å². The van der Waals surface area contributed by atoms with Gasteiger partial charge in [0.1, 0.15) is 17.3 Å². The molecule has 43 heavy (non-hydrogen) atoms. The summed E-state index contributed by atoms with van der Waals surface area (Å²) in [6.07, 6.45) is -0.814. The van der Waals surface area contributed by atoms with Crippen LogP contribution in [-0.2, 0) is 6.18 Å². The Bertz CT molecular complexity index is 1750. The number of amides is 2. The molecule has 2 aromatic heterocycles. The van der Waals surface area contributed by atoms with Gasteiger partial charge in [0.25, 0.3) is 0 Å². The first-order valence-electron chi connectivity index (χ1n) is 13.6. The first-order chi connectivity index (χ1) is 20.7. The highest BCUT2D eigenvalue weighted by molar-refractivity contribution is 5.89. The van der Waals surface area contributed by atoms with Gasteiger partial charge in [-0.05, 0) is 60.2 Å². The van der Waals surface area contributed by atoms with E-state index in [-0.39, 0.29) is 11.4 Å². The molecule has 0 radical (unpaired) electrons. The zero-order valence-electron chi connectivity index (χ0n) is 22.9. The normalized spacial score (nSPS) is 13.7. The number of hydrogen-bond donors (Lipinski definition) is 2. The van der Waals surface area contributed by atoms with Crippen molar-refractivity contribution in [2.45, 2.75) is 6.18 Å². The van der Waals surface area contributed by atoms with Crippen molar-refractivity contribution >= 4 is 17.5 Å². The van der Waals surface area contributed by atoms with Gasteiger partial charge in [0, 0.05) is 55.4 Å². The van der Waals surface area contributed by atoms with Crippen LogP contribution in [0.3, 0.4) is 0 Å². The standard InChI is InChI=1S/C32H27F3N6O2/c33-32(34,35)24-7-5-8-25(20-24)37-31(43)40-16-14-39(15-17-40)29-19-22(12-13-36-29)28-21-41(26-9-2-1-3-10-26)38-30(28)23-6-4-11-27(42)18-23/h1-13,18-21,42H,14-17H2,(H,37,43). The summed E-state index contributed by atoms with van der Waals surface area (Å²) in [4.78, 5) is 21.0. The molecule has 0 unspecified atom stereocenters. The van der Waals surface area contributed by atoms with Crippen molar-refractivity contribution in [2.75, 3.05) is 36.4 Å². The van der Waals surface area contributed by atoms with E-state index in [0.717, 1.165) is 40.3 Å². The lowest BCUT2D eigenvalue weighted by molar-refractivity contribution is -0.137. The lowest BCUT2D eigenvalue weighted by atomic mass is 10.0. The highest BCUT2D eigenvalue weighted by Crippen LogP contribution is 2.35. The predicted molar refractivity (Wildman–Crippen MR) is 158 cm³/mol. The molecule has 1 aliphatic rings. The van der Waals surface area contributed by atoms with Gasteiger partial charge >= 0.3 is 12.2 Å². The Labute approximate surface area is 245 Å². The van der Waals surface area contributed by atoms with E-state index in [2.05, 4.69) is 15.2 Å². The molecule has 2 amide bonds. The van der Waals surface area contributed by atoms with Gasteiger partial charge in [-0.3, -0.25) is 0 Å². The van der Waals surface area contributed by atoms with Crippen LogP contribution in [0.25, 0.3) is 28.1 Å². The number of halogens is 3. The first kappa shape index (κ1) is 27.8. The number of para-hydroxylation sites is 1. The van der Waals surface area contributed by atoms with E-state index in [1.54, 1.807) is 34.0 Å². The van der Waals surface area contributed by atoms with Gasteiger partial charge in [-0.1, -0.05) is 36.4 Å². The molecule has 1 saturated heterocycles. The number of piperazine rings is 1. The molecule has 6 rings (SSSR count). The fraction of sp³-hybridized carbons (Fsp3) is 0.156. The molecule has 0 spiro atoms. The third-order valence-electron chi connectivity index (χ3n) is 7.24. The van der Waals surface area contributed by atoms with Crippen LogP contribution in [0.15, 0.2) is 103 Å². The van der Waals surface area contributed by atoms with Crippen LogP contribution in [0.1, 0.15) is 5.56 Å². The zero-order valence-corrected chi connectivity index (χ0v) is 22.9. The van der Waals surface area contributed by atoms with Crippen molar-refractivity contribution in [3.05, 3.63) is 109 Å². The molecule has 3 heterocycles. The lowest BCUT2D eigenvalue weighted by Crippen LogP contribution is -2.50. The van der Waals surface area contributed by atoms with Crippen LogP contribution in [-0.4, -0.2) is 57.0 Å². The molecule has 11 heteroatoms. The molecule has 0 saturated carbocycles. The number of carbonyl (C=O) groups excluding carboxylic acids is 1. The summed E-state index contributed by atoms with van der Waals surface area (Å²) in [6.45, 7) is 1.73. The minimum Gasteiger partial charge on any atom is -0.508 e. The molecule has 8 nitrogen and oxygen atoms in total. The second-order valence-electron chi connectivity index (χ2n) is 10.1. The lowest BCUT2D eigenvalue weighted by Gasteiger charge is -2.35. The number of nitrogens with zero attached hydrogens (tertiary/aromatic N) is 5. The maximum atomic E-state index is 13.1. The van der Waals surface area contributed by atoms with E-state index in [4.69, 9.17) is 5.10 Å². The number of aromatic hydroxyl groups is 1. The second-order valence-corrected chi connectivity index (χ2v) is 10.1. The van der Waals surface area contributed by atoms with E-state index in [0.29, 0.717) is 31.9 Å². The number of aromatic nitrogens is 3. The molecule has 1 aliphatic heterocycles. The molecule has 2 N–H and O–H groups in total. The van der Waals surface area contributed by atoms with Crippen LogP contribution in [0.2, 0.25) is 0 Å². The first-order valence-corrected chi connectivity index (χ1v) is 13.6. The van der Waals surface area contributed by atoms with Crippen molar-refractivity contribution in [1.29, 1.82) is 0 Å². The smallest absolute Gasteiger partial charge is 0.416 e. The number of rotatable bonds is 5. The summed E-state index contributed by atoms with van der Waals surface area (Å²) >= 11 is 0. The minimum atomic E-state index is -4.49. The summed E-state index contributed by atoms with van der Waals surface area (Å²) in [7, 11) is 0. The van der Waals surface area contributed by atoms with E-state index >= 15 is 0 Å². The highest BCUT2D eigenvalue weighted by atomic mass is 19.4. The van der Waals surface area contributed by atoms with Crippen molar-refractivity contribution in [3.63, 3.8) is 0 Å². The highest BCUT2D eigenvalue weighted by Gasteiger charge is 2.31. The summed E-state index contributed by atoms with van der Waals surface area (Å²) < 4.78 is 41.0. The third kappa shape index (κ3) is 6.15. The van der Waals surface area contributed by atoms with Crippen molar-refractivity contribution in [2.24, 2.45) is 0 Å². The predicted octanol–water partition coefficient (Wildman–Crippen LogP) is 6.68. The van der Waals surface area contributed by atoms with Gasteiger partial charge in [-0.2, -0.15) is 18.3 Å². The van der Waals surface area contributed by atoms with Crippen LogP contribution < -0.4 is 10.2 Å². The molecule has 218 valence electrons. The van der Waals surface area contributed by atoms with Crippen molar-refractivity contribution in [3.8, 4) is 33.8 Å². The van der Waals surface area contributed by atoms with Gasteiger partial charge in [0.15, 0.2) is 0 Å².